The summed E-state index contributed by atoms with van der Waals surface area (Å²) >= 11 is 5.94. The van der Waals surface area contributed by atoms with Crippen LogP contribution in [0.5, 0.6) is 0 Å². The van der Waals surface area contributed by atoms with E-state index in [0.717, 1.165) is 12.8 Å². The maximum atomic E-state index is 12.2. The van der Waals surface area contributed by atoms with E-state index < -0.39 is 10.0 Å². The highest BCUT2D eigenvalue weighted by molar-refractivity contribution is 7.89. The number of rotatable bonds is 4. The third-order valence-electron chi connectivity index (χ3n) is 3.55. The van der Waals surface area contributed by atoms with Gasteiger partial charge in [0, 0.05) is 6.54 Å². The second-order valence-electron chi connectivity index (χ2n) is 5.01. The van der Waals surface area contributed by atoms with Gasteiger partial charge in [0.25, 0.3) is 0 Å². The molecule has 4 nitrogen and oxygen atoms in total. The number of anilines is 1. The number of nitrogens with two attached hydrogens (primary N) is 1. The summed E-state index contributed by atoms with van der Waals surface area (Å²) in [5, 5.41) is 0.163. The smallest absolute Gasteiger partial charge is 0.244 e. The Hall–Kier alpha value is -0.780. The molecule has 0 bridgehead atoms. The van der Waals surface area contributed by atoms with E-state index in [1.807, 2.05) is 0 Å². The zero-order valence-corrected chi connectivity index (χ0v) is 12.3. The quantitative estimate of drug-likeness (QED) is 0.840. The van der Waals surface area contributed by atoms with Gasteiger partial charge in [-0.3, -0.25) is 0 Å². The lowest BCUT2D eigenvalue weighted by Gasteiger charge is -2.22. The van der Waals surface area contributed by atoms with E-state index in [4.69, 9.17) is 17.3 Å². The lowest BCUT2D eigenvalue weighted by atomic mass is 9.90. The summed E-state index contributed by atoms with van der Waals surface area (Å²) in [4.78, 5) is -0.00697. The van der Waals surface area contributed by atoms with Gasteiger partial charge in [-0.05, 0) is 30.9 Å². The monoisotopic (exact) mass is 302 g/mol. The molecule has 19 heavy (non-hydrogen) atoms. The minimum Gasteiger partial charge on any atom is -0.398 e. The largest absolute Gasteiger partial charge is 0.398 e. The molecule has 0 unspecified atom stereocenters. The van der Waals surface area contributed by atoms with Gasteiger partial charge in [-0.2, -0.15) is 0 Å². The minimum absolute atomic E-state index is 0.00697. The van der Waals surface area contributed by atoms with Crippen LogP contribution in [-0.4, -0.2) is 15.0 Å². The molecule has 1 aromatic rings. The first-order chi connectivity index (χ1) is 9.00. The Kier molecular flexibility index (Phi) is 4.71. The van der Waals surface area contributed by atoms with E-state index in [-0.39, 0.29) is 15.6 Å². The number of hydrogen-bond acceptors (Lipinski definition) is 3. The molecule has 0 atom stereocenters. The van der Waals surface area contributed by atoms with Crippen molar-refractivity contribution in [3.8, 4) is 0 Å². The van der Waals surface area contributed by atoms with Gasteiger partial charge in [0.05, 0.1) is 10.7 Å². The number of halogens is 1. The Bertz CT molecular complexity index is 519. The number of hydrogen-bond donors (Lipinski definition) is 2. The lowest BCUT2D eigenvalue weighted by Crippen LogP contribution is -2.31. The number of benzene rings is 1. The van der Waals surface area contributed by atoms with Crippen molar-refractivity contribution in [2.75, 3.05) is 12.3 Å². The standard InChI is InChI=1S/C13H19ClN2O2S/c14-11-7-4-8-12(15)13(11)19(17,18)16-9-10-5-2-1-3-6-10/h4,7-8,10,16H,1-3,5-6,9,15H2. The minimum atomic E-state index is -3.63. The van der Waals surface area contributed by atoms with Crippen LogP contribution in [0.25, 0.3) is 0 Å². The van der Waals surface area contributed by atoms with Gasteiger partial charge >= 0.3 is 0 Å². The molecule has 1 aromatic carbocycles. The molecule has 0 aromatic heterocycles. The topological polar surface area (TPSA) is 72.2 Å². The van der Waals surface area contributed by atoms with Crippen LogP contribution in [0.2, 0.25) is 5.02 Å². The van der Waals surface area contributed by atoms with Crippen LogP contribution in [0.15, 0.2) is 23.1 Å². The Morgan fingerprint density at radius 3 is 2.58 bits per heavy atom. The zero-order valence-electron chi connectivity index (χ0n) is 10.7. The van der Waals surface area contributed by atoms with Crippen LogP contribution < -0.4 is 10.5 Å². The first kappa shape index (κ1) is 14.6. The zero-order chi connectivity index (χ0) is 13.9. The van der Waals surface area contributed by atoms with Gasteiger partial charge in [-0.25, -0.2) is 13.1 Å². The van der Waals surface area contributed by atoms with E-state index in [2.05, 4.69) is 4.72 Å². The molecule has 0 spiro atoms. The van der Waals surface area contributed by atoms with Gasteiger partial charge in [-0.1, -0.05) is 36.9 Å². The van der Waals surface area contributed by atoms with Crippen molar-refractivity contribution in [1.29, 1.82) is 0 Å². The first-order valence-electron chi connectivity index (χ1n) is 6.54. The molecular weight excluding hydrogens is 284 g/mol. The molecule has 0 amide bonds. The molecular formula is C13H19ClN2O2S. The third kappa shape index (κ3) is 3.61. The highest BCUT2D eigenvalue weighted by Crippen LogP contribution is 2.28. The molecule has 1 saturated carbocycles. The fourth-order valence-corrected chi connectivity index (χ4v) is 4.29. The average molecular weight is 303 g/mol. The summed E-state index contributed by atoms with van der Waals surface area (Å²) in [5.74, 6) is 0.423. The van der Waals surface area contributed by atoms with Gasteiger partial charge in [0.1, 0.15) is 4.90 Å². The highest BCUT2D eigenvalue weighted by atomic mass is 35.5. The van der Waals surface area contributed by atoms with E-state index in [9.17, 15) is 8.42 Å². The van der Waals surface area contributed by atoms with E-state index in [1.54, 1.807) is 12.1 Å². The number of nitrogens with one attached hydrogen (secondary N) is 1. The molecule has 0 saturated heterocycles. The maximum Gasteiger partial charge on any atom is 0.244 e. The Morgan fingerprint density at radius 1 is 1.26 bits per heavy atom. The van der Waals surface area contributed by atoms with Crippen LogP contribution in [0.1, 0.15) is 32.1 Å². The summed E-state index contributed by atoms with van der Waals surface area (Å²) in [7, 11) is -3.63. The van der Waals surface area contributed by atoms with Crippen LogP contribution in [0.3, 0.4) is 0 Å². The number of sulfonamides is 1. The molecule has 2 rings (SSSR count). The van der Waals surface area contributed by atoms with E-state index >= 15 is 0 Å². The van der Waals surface area contributed by atoms with Crippen molar-refractivity contribution in [2.45, 2.75) is 37.0 Å². The van der Waals surface area contributed by atoms with Crippen molar-refractivity contribution in [3.05, 3.63) is 23.2 Å². The van der Waals surface area contributed by atoms with E-state index in [0.29, 0.717) is 12.5 Å². The fraction of sp³-hybridized carbons (Fsp3) is 0.538. The normalized spacial score (nSPS) is 17.5. The summed E-state index contributed by atoms with van der Waals surface area (Å²) in [6.45, 7) is 0.465. The predicted molar refractivity (Wildman–Crippen MR) is 77.6 cm³/mol. The molecule has 6 heteroatoms. The van der Waals surface area contributed by atoms with Crippen molar-refractivity contribution in [2.24, 2.45) is 5.92 Å². The third-order valence-corrected chi connectivity index (χ3v) is 5.52. The second-order valence-corrected chi connectivity index (χ2v) is 7.13. The molecule has 0 heterocycles. The van der Waals surface area contributed by atoms with Crippen molar-refractivity contribution in [3.63, 3.8) is 0 Å². The fourth-order valence-electron chi connectivity index (χ4n) is 2.50. The second kappa shape index (κ2) is 6.11. The molecule has 106 valence electrons. The Labute approximate surface area is 119 Å². The van der Waals surface area contributed by atoms with E-state index in [1.165, 1.54) is 25.3 Å². The Balaban J connectivity index is 2.09. The lowest BCUT2D eigenvalue weighted by molar-refractivity contribution is 0.357. The molecule has 0 radical (unpaired) electrons. The van der Waals surface area contributed by atoms with Crippen LogP contribution in [0.4, 0.5) is 5.69 Å². The summed E-state index contributed by atoms with van der Waals surface area (Å²) in [5.41, 5.74) is 5.90. The SMILES string of the molecule is Nc1cccc(Cl)c1S(=O)(=O)NCC1CCCCC1. The van der Waals surface area contributed by atoms with Crippen molar-refractivity contribution in [1.82, 2.24) is 4.72 Å². The number of nitrogen functional groups attached to an aromatic ring is 1. The molecule has 3 N–H and O–H groups in total. The molecule has 1 aliphatic carbocycles. The summed E-state index contributed by atoms with van der Waals surface area (Å²) in [6, 6.07) is 4.71. The molecule has 1 fully saturated rings. The van der Waals surface area contributed by atoms with Crippen LogP contribution in [-0.2, 0) is 10.0 Å². The van der Waals surface area contributed by atoms with Gasteiger partial charge in [-0.15, -0.1) is 0 Å². The van der Waals surface area contributed by atoms with Crippen LogP contribution >= 0.6 is 11.6 Å². The van der Waals surface area contributed by atoms with Crippen molar-refractivity contribution < 1.29 is 8.42 Å². The molecule has 1 aliphatic rings. The predicted octanol–water partition coefficient (Wildman–Crippen LogP) is 2.78. The van der Waals surface area contributed by atoms with Gasteiger partial charge in [0.15, 0.2) is 0 Å². The van der Waals surface area contributed by atoms with Gasteiger partial charge < -0.3 is 5.73 Å². The summed E-state index contributed by atoms with van der Waals surface area (Å²) < 4.78 is 27.1. The Morgan fingerprint density at radius 2 is 1.95 bits per heavy atom. The highest BCUT2D eigenvalue weighted by Gasteiger charge is 2.22. The van der Waals surface area contributed by atoms with Crippen LogP contribution in [0, 0.1) is 5.92 Å². The first-order valence-corrected chi connectivity index (χ1v) is 8.40. The average Bonchev–Trinajstić information content (AvgIpc) is 2.37. The maximum absolute atomic E-state index is 12.2. The van der Waals surface area contributed by atoms with Gasteiger partial charge in [0.2, 0.25) is 10.0 Å². The summed E-state index contributed by atoms with van der Waals surface area (Å²) in [6.07, 6.45) is 5.78. The van der Waals surface area contributed by atoms with Crippen molar-refractivity contribution >= 4 is 27.3 Å². The molecule has 0 aliphatic heterocycles.